The van der Waals surface area contributed by atoms with E-state index in [1.165, 1.54) is 12.1 Å². The maximum atomic E-state index is 12.9. The second-order valence-corrected chi connectivity index (χ2v) is 6.75. The van der Waals surface area contributed by atoms with Gasteiger partial charge >= 0.3 is 0 Å². The molecular weight excluding hydrogens is 361 g/mol. The quantitative estimate of drug-likeness (QED) is 0.831. The number of nitrogens with one attached hydrogen (secondary N) is 1. The lowest BCUT2D eigenvalue weighted by atomic mass is 10.0. The lowest BCUT2D eigenvalue weighted by Gasteiger charge is -2.31. The summed E-state index contributed by atoms with van der Waals surface area (Å²) in [5.74, 6) is 1.10. The molecule has 4 rings (SSSR count). The summed E-state index contributed by atoms with van der Waals surface area (Å²) in [7, 11) is 1.64. The van der Waals surface area contributed by atoms with Gasteiger partial charge in [-0.2, -0.15) is 0 Å². The number of methoxy groups -OCH3 is 1. The van der Waals surface area contributed by atoms with E-state index in [0.717, 1.165) is 11.3 Å². The third-order valence-electron chi connectivity index (χ3n) is 4.99. The number of ether oxygens (including phenoxy) is 2. The average Bonchev–Trinajstić information content (AvgIpc) is 3.16. The number of hydrogen-bond acceptors (Lipinski definition) is 5. The highest BCUT2D eigenvalue weighted by molar-refractivity contribution is 5.84. The highest BCUT2D eigenvalue weighted by atomic mass is 19.1. The van der Waals surface area contributed by atoms with Crippen LogP contribution in [0.1, 0.15) is 18.0 Å². The van der Waals surface area contributed by atoms with Crippen LogP contribution in [0.3, 0.4) is 0 Å². The summed E-state index contributed by atoms with van der Waals surface area (Å²) in [4.78, 5) is 14.5. The van der Waals surface area contributed by atoms with Crippen molar-refractivity contribution in [3.8, 4) is 11.5 Å². The molecule has 6 nitrogen and oxygen atoms in total. The molecule has 2 aromatic carbocycles. The Morgan fingerprint density at radius 2 is 1.96 bits per heavy atom. The predicted molar refractivity (Wildman–Crippen MR) is 102 cm³/mol. The van der Waals surface area contributed by atoms with Gasteiger partial charge in [-0.3, -0.25) is 4.79 Å². The zero-order valence-electron chi connectivity index (χ0n) is 15.5. The number of halogens is 1. The summed E-state index contributed by atoms with van der Waals surface area (Å²) in [6.07, 6.45) is 4.31. The lowest BCUT2D eigenvalue weighted by molar-refractivity contribution is -0.134. The molecule has 146 valence electrons. The molecule has 0 saturated carbocycles. The maximum Gasteiger partial charge on any atom is 0.251 e. The van der Waals surface area contributed by atoms with Crippen molar-refractivity contribution < 1.29 is 18.7 Å². The Morgan fingerprint density at radius 1 is 1.14 bits per heavy atom. The van der Waals surface area contributed by atoms with Crippen molar-refractivity contribution in [2.24, 2.45) is 0 Å². The van der Waals surface area contributed by atoms with Crippen molar-refractivity contribution >= 4 is 5.91 Å². The van der Waals surface area contributed by atoms with Crippen molar-refractivity contribution in [3.05, 3.63) is 72.3 Å². The molecule has 0 radical (unpaired) electrons. The highest BCUT2D eigenvalue weighted by Crippen LogP contribution is 2.32. The number of carbonyl (C=O) groups is 1. The topological polar surface area (TPSA) is 54.0 Å². The molecule has 2 aliphatic rings. The predicted octanol–water partition coefficient (Wildman–Crippen LogP) is 2.85. The second kappa shape index (κ2) is 7.90. The molecule has 1 N–H and O–H groups in total. The molecule has 2 atom stereocenters. The Bertz CT molecular complexity index is 871. The first-order valence-corrected chi connectivity index (χ1v) is 9.19. The van der Waals surface area contributed by atoms with E-state index in [-0.39, 0.29) is 23.8 Å². The van der Waals surface area contributed by atoms with Gasteiger partial charge in [0.1, 0.15) is 30.0 Å². The first-order chi connectivity index (χ1) is 13.6. The molecule has 2 unspecified atom stereocenters. The number of hydrogen-bond donors (Lipinski definition) is 1. The van der Waals surface area contributed by atoms with E-state index in [2.05, 4.69) is 5.43 Å². The summed E-state index contributed by atoms with van der Waals surface area (Å²) < 4.78 is 23.8. The minimum Gasteiger partial charge on any atom is -0.497 e. The van der Waals surface area contributed by atoms with Crippen LogP contribution in [0.2, 0.25) is 0 Å². The van der Waals surface area contributed by atoms with Crippen molar-refractivity contribution in [1.29, 1.82) is 0 Å². The van der Waals surface area contributed by atoms with Crippen LogP contribution in [0.5, 0.6) is 11.5 Å². The molecule has 1 fully saturated rings. The highest BCUT2D eigenvalue weighted by Gasteiger charge is 2.39. The standard InChI is InChI=1S/C21H22FN3O3/c1-27-18-4-2-3-15(13-18)19-14-20-21(26)24(9-10-25(20)23-19)11-12-28-17-7-5-16(22)6-8-17/h2-10,13,19-20,23H,11-12,14H2,1H3. The largest absolute Gasteiger partial charge is 0.497 e. The van der Waals surface area contributed by atoms with E-state index < -0.39 is 0 Å². The molecule has 1 saturated heterocycles. The summed E-state index contributed by atoms with van der Waals surface area (Å²) >= 11 is 0. The Kier molecular flexibility index (Phi) is 5.16. The molecule has 7 heteroatoms. The molecule has 0 aliphatic carbocycles. The number of amides is 1. The summed E-state index contributed by atoms with van der Waals surface area (Å²) in [6, 6.07) is 13.5. The van der Waals surface area contributed by atoms with Crippen molar-refractivity contribution in [3.63, 3.8) is 0 Å². The third kappa shape index (κ3) is 3.80. The molecular formula is C21H22FN3O3. The van der Waals surface area contributed by atoms with Crippen LogP contribution in [0.15, 0.2) is 60.9 Å². The van der Waals surface area contributed by atoms with Gasteiger partial charge in [0.15, 0.2) is 0 Å². The van der Waals surface area contributed by atoms with Crippen molar-refractivity contribution in [2.45, 2.75) is 18.5 Å². The Morgan fingerprint density at radius 3 is 2.75 bits per heavy atom. The van der Waals surface area contributed by atoms with E-state index in [4.69, 9.17) is 9.47 Å². The van der Waals surface area contributed by atoms with Crippen LogP contribution in [-0.4, -0.2) is 42.1 Å². The average molecular weight is 383 g/mol. The monoisotopic (exact) mass is 383 g/mol. The number of carbonyl (C=O) groups excluding carboxylic acids is 1. The normalized spacial score (nSPS) is 21.0. The number of benzene rings is 2. The zero-order valence-corrected chi connectivity index (χ0v) is 15.5. The fourth-order valence-corrected chi connectivity index (χ4v) is 3.49. The van der Waals surface area contributed by atoms with Crippen LogP contribution < -0.4 is 14.9 Å². The van der Waals surface area contributed by atoms with Gasteiger partial charge in [0, 0.05) is 12.4 Å². The van der Waals surface area contributed by atoms with Gasteiger partial charge in [-0.15, -0.1) is 0 Å². The number of nitrogens with zero attached hydrogens (tertiary/aromatic N) is 2. The third-order valence-corrected chi connectivity index (χ3v) is 4.99. The van der Waals surface area contributed by atoms with Crippen LogP contribution in [0.4, 0.5) is 4.39 Å². The van der Waals surface area contributed by atoms with Gasteiger partial charge in [-0.05, 0) is 48.4 Å². The molecule has 1 amide bonds. The van der Waals surface area contributed by atoms with E-state index in [1.54, 1.807) is 30.3 Å². The maximum absolute atomic E-state index is 12.9. The fraction of sp³-hybridized carbons (Fsp3) is 0.286. The molecule has 2 heterocycles. The van der Waals surface area contributed by atoms with Crippen molar-refractivity contribution in [2.75, 3.05) is 20.3 Å². The number of fused-ring (bicyclic) bond motifs is 1. The van der Waals surface area contributed by atoms with Gasteiger partial charge in [0.25, 0.3) is 5.91 Å². The van der Waals surface area contributed by atoms with Gasteiger partial charge in [0.2, 0.25) is 0 Å². The van der Waals surface area contributed by atoms with Crippen LogP contribution >= 0.6 is 0 Å². The minimum absolute atomic E-state index is 0.0307. The zero-order chi connectivity index (χ0) is 19.5. The summed E-state index contributed by atoms with van der Waals surface area (Å²) in [5, 5.41) is 1.86. The van der Waals surface area contributed by atoms with E-state index in [9.17, 15) is 9.18 Å². The lowest BCUT2D eigenvalue weighted by Crippen LogP contribution is -2.48. The first kappa shape index (κ1) is 18.3. The smallest absolute Gasteiger partial charge is 0.251 e. The SMILES string of the molecule is COc1cccc(C2CC3C(=O)N(CCOc4ccc(F)cc4)C=CN3N2)c1. The van der Waals surface area contributed by atoms with Gasteiger partial charge in [0.05, 0.1) is 19.7 Å². The van der Waals surface area contributed by atoms with Gasteiger partial charge < -0.3 is 19.4 Å². The van der Waals surface area contributed by atoms with Gasteiger partial charge in [-0.25, -0.2) is 9.82 Å². The molecule has 2 aromatic rings. The van der Waals surface area contributed by atoms with E-state index in [1.807, 2.05) is 35.5 Å². The number of rotatable bonds is 6. The van der Waals surface area contributed by atoms with Crippen molar-refractivity contribution in [1.82, 2.24) is 15.3 Å². The molecule has 0 bridgehead atoms. The number of hydrazine groups is 1. The Hall–Kier alpha value is -3.06. The van der Waals surface area contributed by atoms with E-state index >= 15 is 0 Å². The van der Waals surface area contributed by atoms with Crippen LogP contribution in [-0.2, 0) is 4.79 Å². The van der Waals surface area contributed by atoms with Crippen LogP contribution in [0.25, 0.3) is 0 Å². The minimum atomic E-state index is -0.305. The Labute approximate surface area is 163 Å². The fourth-order valence-electron chi connectivity index (χ4n) is 3.49. The molecule has 0 aromatic heterocycles. The first-order valence-electron chi connectivity index (χ1n) is 9.19. The summed E-state index contributed by atoms with van der Waals surface area (Å²) in [5.41, 5.74) is 4.46. The molecule has 28 heavy (non-hydrogen) atoms. The van der Waals surface area contributed by atoms with E-state index in [0.29, 0.717) is 25.3 Å². The van der Waals surface area contributed by atoms with Crippen LogP contribution in [0, 0.1) is 5.82 Å². The molecule has 0 spiro atoms. The van der Waals surface area contributed by atoms with Gasteiger partial charge in [-0.1, -0.05) is 12.1 Å². The summed E-state index contributed by atoms with van der Waals surface area (Å²) in [6.45, 7) is 0.766. The second-order valence-electron chi connectivity index (χ2n) is 6.75. The molecule has 2 aliphatic heterocycles. The Balaban J connectivity index is 1.35.